The Kier molecular flexibility index (Phi) is 7.69. The maximum absolute atomic E-state index is 14.9. The van der Waals surface area contributed by atoms with Crippen molar-refractivity contribution in [1.29, 1.82) is 0 Å². The Morgan fingerprint density at radius 3 is 1.70 bits per heavy atom. The quantitative estimate of drug-likeness (QED) is 0.502. The SMILES string of the molecule is CCCCCC1CCC(c2ccc(C3CCC(CO)CC3)c(F)c2F)CC1. The molecule has 2 fully saturated rings. The molecule has 0 bridgehead atoms. The van der Waals surface area contributed by atoms with Gasteiger partial charge in [-0.2, -0.15) is 0 Å². The summed E-state index contributed by atoms with van der Waals surface area (Å²) in [6.07, 6.45) is 13.0. The lowest BCUT2D eigenvalue weighted by Crippen LogP contribution is -2.18. The van der Waals surface area contributed by atoms with Crippen LogP contribution in [0.2, 0.25) is 0 Å². The van der Waals surface area contributed by atoms with Gasteiger partial charge in [-0.15, -0.1) is 0 Å². The Morgan fingerprint density at radius 1 is 0.778 bits per heavy atom. The molecule has 0 aromatic heterocycles. The molecular weight excluding hydrogens is 342 g/mol. The maximum Gasteiger partial charge on any atom is 0.162 e. The summed E-state index contributed by atoms with van der Waals surface area (Å²) in [5, 5.41) is 9.27. The van der Waals surface area contributed by atoms with Crippen LogP contribution in [0.15, 0.2) is 12.1 Å². The summed E-state index contributed by atoms with van der Waals surface area (Å²) in [6, 6.07) is 3.72. The minimum absolute atomic E-state index is 0.102. The molecule has 1 N–H and O–H groups in total. The third-order valence-electron chi connectivity index (χ3n) is 7.19. The molecule has 152 valence electrons. The van der Waals surface area contributed by atoms with Crippen molar-refractivity contribution < 1.29 is 13.9 Å². The number of benzene rings is 1. The van der Waals surface area contributed by atoms with Gasteiger partial charge in [-0.3, -0.25) is 0 Å². The van der Waals surface area contributed by atoms with Crippen LogP contribution in [0.4, 0.5) is 8.78 Å². The van der Waals surface area contributed by atoms with Gasteiger partial charge in [0.2, 0.25) is 0 Å². The van der Waals surface area contributed by atoms with Gasteiger partial charge in [0, 0.05) is 6.61 Å². The van der Waals surface area contributed by atoms with Gasteiger partial charge >= 0.3 is 0 Å². The number of hydrogen-bond donors (Lipinski definition) is 1. The predicted molar refractivity (Wildman–Crippen MR) is 107 cm³/mol. The van der Waals surface area contributed by atoms with E-state index in [2.05, 4.69) is 6.92 Å². The number of aliphatic hydroxyl groups is 1. The van der Waals surface area contributed by atoms with Crippen molar-refractivity contribution in [2.75, 3.05) is 6.61 Å². The first-order chi connectivity index (χ1) is 13.1. The first kappa shape index (κ1) is 20.8. The molecule has 2 aliphatic carbocycles. The third-order valence-corrected chi connectivity index (χ3v) is 7.19. The maximum atomic E-state index is 14.9. The molecule has 1 nitrogen and oxygen atoms in total. The highest BCUT2D eigenvalue weighted by atomic mass is 19.2. The summed E-state index contributed by atoms with van der Waals surface area (Å²) in [4.78, 5) is 0. The first-order valence-corrected chi connectivity index (χ1v) is 11.2. The molecule has 0 saturated heterocycles. The average Bonchev–Trinajstić information content (AvgIpc) is 2.71. The summed E-state index contributed by atoms with van der Waals surface area (Å²) in [5.41, 5.74) is 1.16. The van der Waals surface area contributed by atoms with Crippen LogP contribution in [-0.4, -0.2) is 11.7 Å². The van der Waals surface area contributed by atoms with Gasteiger partial charge in [0.25, 0.3) is 0 Å². The number of rotatable bonds is 7. The predicted octanol–water partition coefficient (Wildman–Crippen LogP) is 7.09. The fourth-order valence-corrected chi connectivity index (χ4v) is 5.31. The molecule has 0 atom stereocenters. The topological polar surface area (TPSA) is 20.2 Å². The third kappa shape index (κ3) is 5.10. The monoisotopic (exact) mass is 378 g/mol. The van der Waals surface area contributed by atoms with E-state index in [0.717, 1.165) is 57.3 Å². The Morgan fingerprint density at radius 2 is 1.26 bits per heavy atom. The Labute approximate surface area is 163 Å². The minimum atomic E-state index is -0.606. The van der Waals surface area contributed by atoms with E-state index in [1.54, 1.807) is 0 Å². The molecule has 0 radical (unpaired) electrons. The fourth-order valence-electron chi connectivity index (χ4n) is 5.31. The van der Waals surface area contributed by atoms with E-state index in [9.17, 15) is 13.9 Å². The van der Waals surface area contributed by atoms with E-state index in [1.807, 2.05) is 12.1 Å². The van der Waals surface area contributed by atoms with Gasteiger partial charge in [0.15, 0.2) is 11.6 Å². The minimum Gasteiger partial charge on any atom is -0.396 e. The van der Waals surface area contributed by atoms with E-state index in [1.165, 1.54) is 25.7 Å². The van der Waals surface area contributed by atoms with Crippen LogP contribution >= 0.6 is 0 Å². The van der Waals surface area contributed by atoms with Crippen molar-refractivity contribution in [3.05, 3.63) is 34.9 Å². The van der Waals surface area contributed by atoms with Gasteiger partial charge in [-0.25, -0.2) is 8.78 Å². The van der Waals surface area contributed by atoms with Gasteiger partial charge in [0.05, 0.1) is 0 Å². The molecule has 0 heterocycles. The summed E-state index contributed by atoms with van der Waals surface area (Å²) in [7, 11) is 0. The van der Waals surface area contributed by atoms with E-state index >= 15 is 0 Å². The van der Waals surface area contributed by atoms with Gasteiger partial charge in [0.1, 0.15) is 0 Å². The highest BCUT2D eigenvalue weighted by Crippen LogP contribution is 2.42. The molecule has 0 spiro atoms. The second-order valence-corrected chi connectivity index (χ2v) is 8.99. The number of unbranched alkanes of at least 4 members (excludes halogenated alkanes) is 2. The smallest absolute Gasteiger partial charge is 0.162 e. The summed E-state index contributed by atoms with van der Waals surface area (Å²) >= 11 is 0. The molecule has 27 heavy (non-hydrogen) atoms. The second kappa shape index (κ2) is 10.0. The molecular formula is C24H36F2O. The van der Waals surface area contributed by atoms with Gasteiger partial charge < -0.3 is 5.11 Å². The van der Waals surface area contributed by atoms with Gasteiger partial charge in [-0.05, 0) is 86.2 Å². The van der Waals surface area contributed by atoms with Crippen molar-refractivity contribution in [3.63, 3.8) is 0 Å². The Bertz CT molecular complexity index is 584. The van der Waals surface area contributed by atoms with E-state index in [0.29, 0.717) is 17.0 Å². The van der Waals surface area contributed by atoms with Gasteiger partial charge in [-0.1, -0.05) is 44.7 Å². The van der Waals surface area contributed by atoms with Crippen LogP contribution < -0.4 is 0 Å². The zero-order valence-electron chi connectivity index (χ0n) is 16.9. The Balaban J connectivity index is 1.61. The molecule has 3 heteroatoms. The van der Waals surface area contributed by atoms with Crippen LogP contribution in [0.3, 0.4) is 0 Å². The van der Waals surface area contributed by atoms with Crippen LogP contribution in [0.5, 0.6) is 0 Å². The van der Waals surface area contributed by atoms with Crippen molar-refractivity contribution in [2.24, 2.45) is 11.8 Å². The average molecular weight is 379 g/mol. The lowest BCUT2D eigenvalue weighted by atomic mass is 9.75. The molecule has 2 aliphatic rings. The fraction of sp³-hybridized carbons (Fsp3) is 0.750. The molecule has 1 aromatic carbocycles. The number of hydrogen-bond acceptors (Lipinski definition) is 1. The molecule has 0 amide bonds. The van der Waals surface area contributed by atoms with Crippen molar-refractivity contribution in [2.45, 2.75) is 95.8 Å². The van der Waals surface area contributed by atoms with Crippen LogP contribution in [0.25, 0.3) is 0 Å². The number of aliphatic hydroxyl groups excluding tert-OH is 1. The van der Waals surface area contributed by atoms with Crippen LogP contribution in [-0.2, 0) is 0 Å². The standard InChI is InChI=1S/C24H36F2O/c1-2-3-4-5-17-6-10-19(11-7-17)21-14-15-22(24(26)23(21)25)20-12-8-18(16-27)9-13-20/h14-15,17-20,27H,2-13,16H2,1H3. The highest BCUT2D eigenvalue weighted by Gasteiger charge is 2.29. The van der Waals surface area contributed by atoms with Crippen LogP contribution in [0.1, 0.15) is 107 Å². The van der Waals surface area contributed by atoms with Crippen molar-refractivity contribution in [1.82, 2.24) is 0 Å². The lowest BCUT2D eigenvalue weighted by Gasteiger charge is -2.30. The zero-order valence-corrected chi connectivity index (χ0v) is 16.9. The second-order valence-electron chi connectivity index (χ2n) is 8.99. The van der Waals surface area contributed by atoms with Crippen LogP contribution in [0, 0.1) is 23.5 Å². The summed E-state index contributed by atoms with van der Waals surface area (Å²) in [5.74, 6) is 0.200. The van der Waals surface area contributed by atoms with Crippen molar-refractivity contribution in [3.8, 4) is 0 Å². The van der Waals surface area contributed by atoms with E-state index in [4.69, 9.17) is 0 Å². The summed E-state index contributed by atoms with van der Waals surface area (Å²) in [6.45, 7) is 2.44. The van der Waals surface area contributed by atoms with Crippen molar-refractivity contribution >= 4 is 0 Å². The largest absolute Gasteiger partial charge is 0.396 e. The first-order valence-electron chi connectivity index (χ1n) is 11.2. The molecule has 2 saturated carbocycles. The molecule has 1 aromatic rings. The molecule has 0 unspecified atom stereocenters. The van der Waals surface area contributed by atoms with E-state index in [-0.39, 0.29) is 18.4 Å². The summed E-state index contributed by atoms with van der Waals surface area (Å²) < 4.78 is 29.7. The molecule has 3 rings (SSSR count). The Hall–Kier alpha value is -0.960. The highest BCUT2D eigenvalue weighted by molar-refractivity contribution is 5.31. The zero-order chi connectivity index (χ0) is 19.2. The van der Waals surface area contributed by atoms with E-state index < -0.39 is 11.6 Å². The normalized spacial score (nSPS) is 29.0. The molecule has 0 aliphatic heterocycles. The lowest BCUT2D eigenvalue weighted by molar-refractivity contribution is 0.181. The number of halogens is 2.